The fourth-order valence-electron chi connectivity index (χ4n) is 5.28. The molecule has 0 fully saturated rings. The fourth-order valence-corrected chi connectivity index (χ4v) is 6.44. The Labute approximate surface area is 206 Å². The number of fused-ring (bicyclic) bond motifs is 6. The maximum Gasteiger partial charge on any atom is 0.285 e. The highest BCUT2D eigenvalue weighted by atomic mass is 32.1. The van der Waals surface area contributed by atoms with E-state index in [0.29, 0.717) is 10.9 Å². The standard InChI is InChI=1S/C31H21NO2S/c1-3-11-20-19(4-2)29-25-16-9-10-17-27(25)35-28(29)18-26(20)30-23-14-7-5-12-21(23)22-13-6-8-15-24(22)31(30)32(33)34/h3-18H,2H2,1H3/b11-3-. The minimum Gasteiger partial charge on any atom is -0.258 e. The summed E-state index contributed by atoms with van der Waals surface area (Å²) in [6, 6.07) is 26.1. The molecular formula is C31H21NO2S. The van der Waals surface area contributed by atoms with E-state index in [9.17, 15) is 10.1 Å². The van der Waals surface area contributed by atoms with Crippen molar-refractivity contribution in [3.63, 3.8) is 0 Å². The lowest BCUT2D eigenvalue weighted by Gasteiger charge is -2.17. The number of nitro benzene ring substituents is 1. The molecule has 6 rings (SSSR count). The lowest BCUT2D eigenvalue weighted by molar-refractivity contribution is -0.382. The second-order valence-corrected chi connectivity index (χ2v) is 9.58. The zero-order valence-electron chi connectivity index (χ0n) is 19.1. The van der Waals surface area contributed by atoms with Gasteiger partial charge in [0.15, 0.2) is 0 Å². The summed E-state index contributed by atoms with van der Waals surface area (Å²) in [6.07, 6.45) is 5.92. The number of nitrogens with zero attached hydrogens (tertiary/aromatic N) is 1. The summed E-state index contributed by atoms with van der Waals surface area (Å²) >= 11 is 1.71. The van der Waals surface area contributed by atoms with Crippen LogP contribution in [0.1, 0.15) is 18.1 Å². The van der Waals surface area contributed by atoms with E-state index in [1.54, 1.807) is 11.3 Å². The molecule has 0 aliphatic carbocycles. The molecule has 0 bridgehead atoms. The first kappa shape index (κ1) is 21.3. The molecule has 6 aromatic rings. The molecule has 0 unspecified atom stereocenters. The zero-order chi connectivity index (χ0) is 24.1. The van der Waals surface area contributed by atoms with Crippen LogP contribution in [0.2, 0.25) is 0 Å². The SMILES string of the molecule is C=Cc1c(/C=C\C)c(-c2c([N+](=O)[O-])c3ccccc3c3ccccc23)cc2sc3ccccc3c12. The number of thiophene rings is 1. The molecule has 1 heterocycles. The maximum absolute atomic E-state index is 12.7. The van der Waals surface area contributed by atoms with Gasteiger partial charge in [-0.15, -0.1) is 11.3 Å². The second kappa shape index (κ2) is 8.19. The lowest BCUT2D eigenvalue weighted by Crippen LogP contribution is -1.98. The van der Waals surface area contributed by atoms with E-state index in [4.69, 9.17) is 0 Å². The van der Waals surface area contributed by atoms with E-state index in [0.717, 1.165) is 42.9 Å². The summed E-state index contributed by atoms with van der Waals surface area (Å²) in [6.45, 7) is 6.12. The number of nitro groups is 1. The van der Waals surface area contributed by atoms with E-state index in [1.807, 2.05) is 85.8 Å². The Morgan fingerprint density at radius 3 is 2.06 bits per heavy atom. The van der Waals surface area contributed by atoms with Crippen LogP contribution < -0.4 is 0 Å². The molecule has 0 amide bonds. The topological polar surface area (TPSA) is 43.1 Å². The van der Waals surface area contributed by atoms with E-state index < -0.39 is 0 Å². The van der Waals surface area contributed by atoms with Gasteiger partial charge in [-0.25, -0.2) is 0 Å². The molecule has 0 aliphatic rings. The number of hydrogen-bond acceptors (Lipinski definition) is 3. The number of benzene rings is 5. The van der Waals surface area contributed by atoms with Gasteiger partial charge in [-0.1, -0.05) is 85.5 Å². The Morgan fingerprint density at radius 1 is 0.800 bits per heavy atom. The van der Waals surface area contributed by atoms with Gasteiger partial charge < -0.3 is 0 Å². The molecule has 5 aromatic carbocycles. The molecule has 35 heavy (non-hydrogen) atoms. The Hall–Kier alpha value is -4.28. The Bertz CT molecular complexity index is 1860. The predicted octanol–water partition coefficient (Wildman–Crippen LogP) is 9.61. The molecule has 0 saturated carbocycles. The van der Waals surface area contributed by atoms with Crippen molar-refractivity contribution in [3.8, 4) is 11.1 Å². The van der Waals surface area contributed by atoms with Crippen LogP contribution in [0, 0.1) is 10.1 Å². The summed E-state index contributed by atoms with van der Waals surface area (Å²) in [5.41, 5.74) is 3.59. The van der Waals surface area contributed by atoms with Crippen LogP contribution in [0.3, 0.4) is 0 Å². The summed E-state index contributed by atoms with van der Waals surface area (Å²) in [7, 11) is 0. The van der Waals surface area contributed by atoms with E-state index in [1.165, 1.54) is 10.1 Å². The summed E-state index contributed by atoms with van der Waals surface area (Å²) in [5.74, 6) is 0. The van der Waals surface area contributed by atoms with Gasteiger partial charge in [0.25, 0.3) is 5.69 Å². The molecule has 0 radical (unpaired) electrons. The molecule has 168 valence electrons. The maximum atomic E-state index is 12.7. The van der Waals surface area contributed by atoms with Crippen LogP contribution in [0.25, 0.3) is 65.0 Å². The highest BCUT2D eigenvalue weighted by molar-refractivity contribution is 7.25. The molecule has 1 aromatic heterocycles. The summed E-state index contributed by atoms with van der Waals surface area (Å²) in [5, 5.41) is 18.4. The fraction of sp³-hybridized carbons (Fsp3) is 0.0323. The van der Waals surface area contributed by atoms with Gasteiger partial charge in [-0.2, -0.15) is 0 Å². The monoisotopic (exact) mass is 471 g/mol. The molecule has 0 atom stereocenters. The van der Waals surface area contributed by atoms with Crippen molar-refractivity contribution in [2.45, 2.75) is 6.92 Å². The smallest absolute Gasteiger partial charge is 0.258 e. The average Bonchev–Trinajstić information content (AvgIpc) is 3.26. The zero-order valence-corrected chi connectivity index (χ0v) is 19.9. The van der Waals surface area contributed by atoms with Gasteiger partial charge in [-0.05, 0) is 58.0 Å². The first-order valence-corrected chi connectivity index (χ1v) is 12.3. The minimum atomic E-state index is -0.230. The normalized spacial score (nSPS) is 11.8. The summed E-state index contributed by atoms with van der Waals surface area (Å²) in [4.78, 5) is 12.4. The third-order valence-electron chi connectivity index (χ3n) is 6.64. The molecular weight excluding hydrogens is 450 g/mol. The van der Waals surface area contributed by atoms with Crippen molar-refractivity contribution < 1.29 is 4.92 Å². The molecule has 4 heteroatoms. The van der Waals surface area contributed by atoms with Crippen molar-refractivity contribution in [2.24, 2.45) is 0 Å². The first-order valence-electron chi connectivity index (χ1n) is 11.5. The van der Waals surface area contributed by atoms with Gasteiger partial charge in [-0.3, -0.25) is 10.1 Å². The highest BCUT2D eigenvalue weighted by Gasteiger charge is 2.27. The first-order chi connectivity index (χ1) is 17.1. The summed E-state index contributed by atoms with van der Waals surface area (Å²) < 4.78 is 2.28. The molecule has 0 spiro atoms. The van der Waals surface area contributed by atoms with E-state index >= 15 is 0 Å². The van der Waals surface area contributed by atoms with Crippen molar-refractivity contribution in [1.82, 2.24) is 0 Å². The number of hydrogen-bond donors (Lipinski definition) is 0. The van der Waals surface area contributed by atoms with Crippen molar-refractivity contribution in [1.29, 1.82) is 0 Å². The second-order valence-electron chi connectivity index (χ2n) is 8.50. The minimum absolute atomic E-state index is 0.139. The Morgan fingerprint density at radius 2 is 1.40 bits per heavy atom. The van der Waals surface area contributed by atoms with Crippen LogP contribution in [-0.2, 0) is 0 Å². The third-order valence-corrected chi connectivity index (χ3v) is 7.76. The van der Waals surface area contributed by atoms with Crippen molar-refractivity contribution in [2.75, 3.05) is 0 Å². The van der Waals surface area contributed by atoms with Crippen molar-refractivity contribution in [3.05, 3.63) is 113 Å². The van der Waals surface area contributed by atoms with Crippen LogP contribution in [0.4, 0.5) is 5.69 Å². The third kappa shape index (κ3) is 3.11. The predicted molar refractivity (Wildman–Crippen MR) is 151 cm³/mol. The van der Waals surface area contributed by atoms with Crippen LogP contribution in [0.5, 0.6) is 0 Å². The van der Waals surface area contributed by atoms with Gasteiger partial charge in [0.2, 0.25) is 0 Å². The van der Waals surface area contributed by atoms with Crippen LogP contribution >= 0.6 is 11.3 Å². The van der Waals surface area contributed by atoms with E-state index in [2.05, 4.69) is 24.8 Å². The number of rotatable bonds is 4. The largest absolute Gasteiger partial charge is 0.285 e. The van der Waals surface area contributed by atoms with Crippen LogP contribution in [-0.4, -0.2) is 4.92 Å². The number of allylic oxidation sites excluding steroid dienone is 1. The van der Waals surface area contributed by atoms with Crippen molar-refractivity contribution >= 4 is 70.9 Å². The molecule has 3 nitrogen and oxygen atoms in total. The van der Waals surface area contributed by atoms with E-state index in [-0.39, 0.29) is 10.6 Å². The Balaban J connectivity index is 1.90. The molecule has 0 saturated heterocycles. The molecule has 0 aliphatic heterocycles. The van der Waals surface area contributed by atoms with Gasteiger partial charge in [0.05, 0.1) is 15.9 Å². The highest BCUT2D eigenvalue weighted by Crippen LogP contribution is 2.48. The van der Waals surface area contributed by atoms with Gasteiger partial charge in [0, 0.05) is 20.2 Å². The van der Waals surface area contributed by atoms with Gasteiger partial charge >= 0.3 is 0 Å². The molecule has 0 N–H and O–H groups in total. The average molecular weight is 472 g/mol. The Kier molecular flexibility index (Phi) is 4.97. The lowest BCUT2D eigenvalue weighted by atomic mass is 9.86. The van der Waals surface area contributed by atoms with Crippen LogP contribution in [0.15, 0.2) is 91.5 Å². The van der Waals surface area contributed by atoms with Gasteiger partial charge in [0.1, 0.15) is 0 Å². The quantitative estimate of drug-likeness (QED) is 0.146.